The number of carbonyl (C=O) groups excluding carboxylic acids is 1. The molecule has 1 aliphatic rings. The van der Waals surface area contributed by atoms with Crippen LogP contribution < -0.4 is 5.32 Å². The average Bonchev–Trinajstić information content (AvgIpc) is 2.81. The van der Waals surface area contributed by atoms with Crippen LogP contribution in [-0.2, 0) is 25.8 Å². The summed E-state index contributed by atoms with van der Waals surface area (Å²) in [5, 5.41) is 12.3. The highest BCUT2D eigenvalue weighted by molar-refractivity contribution is 7.91. The highest BCUT2D eigenvalue weighted by Gasteiger charge is 2.39. The van der Waals surface area contributed by atoms with Crippen molar-refractivity contribution in [1.82, 2.24) is 5.32 Å². The van der Waals surface area contributed by atoms with E-state index in [1.165, 1.54) is 12.1 Å². The molecule has 0 bridgehead atoms. The van der Waals surface area contributed by atoms with Crippen molar-refractivity contribution in [3.63, 3.8) is 0 Å². The number of carboxylic acids is 1. The lowest BCUT2D eigenvalue weighted by Crippen LogP contribution is -2.54. The zero-order chi connectivity index (χ0) is 18.5. The molecule has 1 aromatic carbocycles. The van der Waals surface area contributed by atoms with E-state index in [4.69, 9.17) is 0 Å². The lowest BCUT2D eigenvalue weighted by molar-refractivity contribution is -0.148. The van der Waals surface area contributed by atoms with Crippen LogP contribution in [0.2, 0.25) is 0 Å². The average molecular weight is 367 g/mol. The van der Waals surface area contributed by atoms with Crippen molar-refractivity contribution in [2.75, 3.05) is 5.75 Å². The van der Waals surface area contributed by atoms with Gasteiger partial charge in [-0.1, -0.05) is 44.7 Å². The first kappa shape index (κ1) is 19.4. The zero-order valence-electron chi connectivity index (χ0n) is 14.5. The lowest BCUT2D eigenvalue weighted by atomic mass is 9.90. The second-order valence-electron chi connectivity index (χ2n) is 6.58. The minimum Gasteiger partial charge on any atom is -0.480 e. The van der Waals surface area contributed by atoms with Crippen molar-refractivity contribution < 1.29 is 23.1 Å². The van der Waals surface area contributed by atoms with E-state index in [1.807, 2.05) is 0 Å². The molecular formula is C18H25NO5S. The van der Waals surface area contributed by atoms with Crippen LogP contribution in [0.15, 0.2) is 29.2 Å². The summed E-state index contributed by atoms with van der Waals surface area (Å²) in [6.45, 7) is 1.57. The molecule has 138 valence electrons. The third kappa shape index (κ3) is 4.81. The van der Waals surface area contributed by atoms with Crippen LogP contribution in [0, 0.1) is 0 Å². The number of sulfone groups is 1. The largest absolute Gasteiger partial charge is 0.480 e. The number of nitrogens with one attached hydrogen (secondary N) is 1. The Labute approximate surface area is 148 Å². The van der Waals surface area contributed by atoms with Crippen LogP contribution in [0.1, 0.15) is 51.0 Å². The normalized spacial score (nSPS) is 17.5. The van der Waals surface area contributed by atoms with Gasteiger partial charge in [0, 0.05) is 0 Å². The summed E-state index contributed by atoms with van der Waals surface area (Å²) in [5.74, 6) is -1.40. The number of carbonyl (C=O) groups is 2. The maximum Gasteiger partial charge on any atom is 0.329 e. The minimum absolute atomic E-state index is 0.00915. The number of rotatable bonds is 6. The molecule has 6 nitrogen and oxygen atoms in total. The molecule has 25 heavy (non-hydrogen) atoms. The first-order valence-electron chi connectivity index (χ1n) is 8.65. The number of carboxylic acid groups (broad SMARTS) is 1. The van der Waals surface area contributed by atoms with E-state index in [1.54, 1.807) is 19.1 Å². The van der Waals surface area contributed by atoms with Crippen LogP contribution in [0.3, 0.4) is 0 Å². The lowest BCUT2D eigenvalue weighted by Gasteiger charge is -2.29. The fraction of sp³-hybridized carbons (Fsp3) is 0.556. The summed E-state index contributed by atoms with van der Waals surface area (Å²) < 4.78 is 23.9. The third-order valence-corrected chi connectivity index (χ3v) is 6.48. The molecule has 0 radical (unpaired) electrons. The van der Waals surface area contributed by atoms with Gasteiger partial charge >= 0.3 is 5.97 Å². The maximum absolute atomic E-state index is 12.4. The molecule has 0 spiro atoms. The first-order valence-corrected chi connectivity index (χ1v) is 10.3. The van der Waals surface area contributed by atoms with Gasteiger partial charge in [-0.05, 0) is 30.5 Å². The summed E-state index contributed by atoms with van der Waals surface area (Å²) in [6, 6.07) is 6.27. The fourth-order valence-electron chi connectivity index (χ4n) is 3.24. The quantitative estimate of drug-likeness (QED) is 0.752. The molecule has 1 saturated carbocycles. The van der Waals surface area contributed by atoms with Crippen LogP contribution in [0.25, 0.3) is 0 Å². The summed E-state index contributed by atoms with van der Waals surface area (Å²) in [6.07, 6.45) is 4.32. The van der Waals surface area contributed by atoms with Crippen molar-refractivity contribution in [3.8, 4) is 0 Å². The van der Waals surface area contributed by atoms with Crippen LogP contribution in [0.4, 0.5) is 0 Å². The van der Waals surface area contributed by atoms with E-state index in [2.05, 4.69) is 5.32 Å². The molecular weight excluding hydrogens is 342 g/mol. The second kappa shape index (κ2) is 7.99. The van der Waals surface area contributed by atoms with Crippen molar-refractivity contribution in [1.29, 1.82) is 0 Å². The van der Waals surface area contributed by atoms with E-state index in [-0.39, 0.29) is 17.1 Å². The van der Waals surface area contributed by atoms with Crippen molar-refractivity contribution in [2.45, 2.75) is 62.3 Å². The molecule has 0 aliphatic heterocycles. The van der Waals surface area contributed by atoms with Gasteiger partial charge in [-0.3, -0.25) is 4.79 Å². The number of hydrogen-bond acceptors (Lipinski definition) is 4. The van der Waals surface area contributed by atoms with Gasteiger partial charge in [0.15, 0.2) is 9.84 Å². The molecule has 0 heterocycles. The van der Waals surface area contributed by atoms with Gasteiger partial charge in [0.1, 0.15) is 5.54 Å². The molecule has 0 aromatic heterocycles. The number of aliphatic carboxylic acids is 1. The highest BCUT2D eigenvalue weighted by atomic mass is 32.2. The molecule has 0 unspecified atom stereocenters. The van der Waals surface area contributed by atoms with Crippen LogP contribution in [-0.4, -0.2) is 36.7 Å². The van der Waals surface area contributed by atoms with Crippen molar-refractivity contribution in [3.05, 3.63) is 29.8 Å². The van der Waals surface area contributed by atoms with Gasteiger partial charge in [0.2, 0.25) is 5.91 Å². The molecule has 0 saturated heterocycles. The molecule has 1 aromatic rings. The smallest absolute Gasteiger partial charge is 0.329 e. The number of benzene rings is 1. The Morgan fingerprint density at radius 3 is 2.36 bits per heavy atom. The van der Waals surface area contributed by atoms with E-state index in [0.29, 0.717) is 18.4 Å². The summed E-state index contributed by atoms with van der Waals surface area (Å²) in [7, 11) is -3.34. The summed E-state index contributed by atoms with van der Waals surface area (Å²) >= 11 is 0. The van der Waals surface area contributed by atoms with Crippen molar-refractivity contribution >= 4 is 21.7 Å². The van der Waals surface area contributed by atoms with Crippen LogP contribution in [0.5, 0.6) is 0 Å². The molecule has 2 rings (SSSR count). The topological polar surface area (TPSA) is 101 Å². The molecule has 1 amide bonds. The zero-order valence-corrected chi connectivity index (χ0v) is 15.3. The summed E-state index contributed by atoms with van der Waals surface area (Å²) in [5.41, 5.74) is -0.651. The van der Waals surface area contributed by atoms with Crippen LogP contribution >= 0.6 is 0 Å². The SMILES string of the molecule is CCS(=O)(=O)c1cccc(CC(=O)NC2(C(=O)O)CCCCCC2)c1. The van der Waals surface area contributed by atoms with Gasteiger partial charge in [0.25, 0.3) is 0 Å². The maximum atomic E-state index is 12.4. The van der Waals surface area contributed by atoms with E-state index in [0.717, 1.165) is 25.7 Å². The van der Waals surface area contributed by atoms with Gasteiger partial charge in [-0.2, -0.15) is 0 Å². The monoisotopic (exact) mass is 367 g/mol. The third-order valence-electron chi connectivity index (χ3n) is 4.75. The Balaban J connectivity index is 2.13. The van der Waals surface area contributed by atoms with Gasteiger partial charge < -0.3 is 10.4 Å². The van der Waals surface area contributed by atoms with Gasteiger partial charge in [0.05, 0.1) is 17.1 Å². The van der Waals surface area contributed by atoms with E-state index >= 15 is 0 Å². The van der Waals surface area contributed by atoms with Gasteiger partial charge in [-0.15, -0.1) is 0 Å². The molecule has 0 atom stereocenters. The second-order valence-corrected chi connectivity index (χ2v) is 8.86. The van der Waals surface area contributed by atoms with Crippen molar-refractivity contribution in [2.24, 2.45) is 0 Å². The molecule has 1 fully saturated rings. The Morgan fingerprint density at radius 2 is 1.80 bits per heavy atom. The predicted molar refractivity (Wildman–Crippen MR) is 94.1 cm³/mol. The Morgan fingerprint density at radius 1 is 1.16 bits per heavy atom. The first-order chi connectivity index (χ1) is 11.8. The molecule has 7 heteroatoms. The molecule has 1 aliphatic carbocycles. The number of amides is 1. The minimum atomic E-state index is -3.34. The predicted octanol–water partition coefficient (Wildman–Crippen LogP) is 2.32. The van der Waals surface area contributed by atoms with E-state index in [9.17, 15) is 23.1 Å². The molecule has 2 N–H and O–H groups in total. The summed E-state index contributed by atoms with van der Waals surface area (Å²) in [4.78, 5) is 24.3. The highest BCUT2D eigenvalue weighted by Crippen LogP contribution is 2.27. The fourth-order valence-corrected chi connectivity index (χ4v) is 4.19. The van der Waals surface area contributed by atoms with Gasteiger partial charge in [-0.25, -0.2) is 13.2 Å². The standard InChI is InChI=1S/C18H25NO5S/c1-2-25(23,24)15-9-7-8-14(12-15)13-16(20)19-18(17(21)22)10-5-3-4-6-11-18/h7-9,12H,2-6,10-11,13H2,1H3,(H,19,20)(H,21,22). The Bertz CT molecular complexity index is 734. The Kier molecular flexibility index (Phi) is 6.21. The van der Waals surface area contributed by atoms with E-state index < -0.39 is 27.3 Å². The number of hydrogen-bond donors (Lipinski definition) is 2. The Hall–Kier alpha value is -1.89.